The average Bonchev–Trinajstić information content (AvgIpc) is 3.25. The number of nitrogens with one attached hydrogen (secondary N) is 2. The van der Waals surface area contributed by atoms with Crippen molar-refractivity contribution in [1.82, 2.24) is 24.6 Å². The molecule has 0 bridgehead atoms. The zero-order valence-corrected chi connectivity index (χ0v) is 18.1. The van der Waals surface area contributed by atoms with Gasteiger partial charge in [-0.25, -0.2) is 13.8 Å². The van der Waals surface area contributed by atoms with Crippen molar-refractivity contribution in [2.24, 2.45) is 0 Å². The molecule has 0 spiro atoms. The molecule has 2 N–H and O–H groups in total. The summed E-state index contributed by atoms with van der Waals surface area (Å²) in [5.74, 6) is -2.35. The molecule has 0 aliphatic carbocycles. The number of hydrogen-bond acceptors (Lipinski definition) is 7. The summed E-state index contributed by atoms with van der Waals surface area (Å²) >= 11 is 0. The van der Waals surface area contributed by atoms with Crippen LogP contribution in [0.2, 0.25) is 0 Å². The molecule has 35 heavy (non-hydrogen) atoms. The number of anilines is 3. The third kappa shape index (κ3) is 6.41. The zero-order chi connectivity index (χ0) is 25.0. The number of aromatic nitrogens is 4. The Labute approximate surface area is 195 Å². The van der Waals surface area contributed by atoms with E-state index in [-0.39, 0.29) is 36.3 Å². The smallest absolute Gasteiger partial charge is 0.378 e. The van der Waals surface area contributed by atoms with Gasteiger partial charge in [0.15, 0.2) is 11.6 Å². The highest BCUT2D eigenvalue weighted by Gasteiger charge is 2.31. The molecule has 1 aromatic carbocycles. The highest BCUT2D eigenvalue weighted by atomic mass is 19.4. The summed E-state index contributed by atoms with van der Waals surface area (Å²) in [5.41, 5.74) is -0.766. The Balaban J connectivity index is 1.39. The molecule has 9 nitrogen and oxygen atoms in total. The van der Waals surface area contributed by atoms with Gasteiger partial charge in [-0.15, -0.1) is 0 Å². The van der Waals surface area contributed by atoms with Crippen LogP contribution in [0.5, 0.6) is 0 Å². The van der Waals surface area contributed by atoms with Gasteiger partial charge in [0.05, 0.1) is 36.9 Å². The fourth-order valence-corrected chi connectivity index (χ4v) is 3.35. The van der Waals surface area contributed by atoms with E-state index >= 15 is 0 Å². The maximum atomic E-state index is 14.1. The molecule has 1 aliphatic rings. The molecule has 0 unspecified atom stereocenters. The van der Waals surface area contributed by atoms with E-state index in [4.69, 9.17) is 4.74 Å². The zero-order valence-electron chi connectivity index (χ0n) is 18.1. The van der Waals surface area contributed by atoms with Gasteiger partial charge in [0.1, 0.15) is 12.4 Å². The Morgan fingerprint density at radius 2 is 1.89 bits per heavy atom. The lowest BCUT2D eigenvalue weighted by Crippen LogP contribution is -2.42. The van der Waals surface area contributed by atoms with Crippen molar-refractivity contribution in [3.05, 3.63) is 59.6 Å². The van der Waals surface area contributed by atoms with Crippen LogP contribution in [0.15, 0.2) is 36.8 Å². The normalized spacial score (nSPS) is 14.1. The fraction of sp³-hybridized carbons (Fsp3) is 0.333. The average molecular weight is 497 g/mol. The van der Waals surface area contributed by atoms with Crippen molar-refractivity contribution < 1.29 is 31.5 Å². The van der Waals surface area contributed by atoms with Gasteiger partial charge >= 0.3 is 6.18 Å². The van der Waals surface area contributed by atoms with Gasteiger partial charge in [-0.05, 0) is 23.8 Å². The number of rotatable bonds is 7. The first-order valence-corrected chi connectivity index (χ1v) is 10.5. The third-order valence-electron chi connectivity index (χ3n) is 5.04. The molecule has 1 aliphatic heterocycles. The predicted molar refractivity (Wildman–Crippen MR) is 114 cm³/mol. The molecule has 186 valence electrons. The molecule has 1 saturated heterocycles. The van der Waals surface area contributed by atoms with Crippen molar-refractivity contribution in [3.8, 4) is 0 Å². The topological polar surface area (TPSA) is 97.2 Å². The fourth-order valence-electron chi connectivity index (χ4n) is 3.35. The number of benzene rings is 1. The number of halogens is 5. The molecule has 1 fully saturated rings. The van der Waals surface area contributed by atoms with E-state index in [2.05, 4.69) is 25.7 Å². The second kappa shape index (κ2) is 10.2. The minimum absolute atomic E-state index is 0.0201. The molecule has 3 aromatic rings. The van der Waals surface area contributed by atoms with Crippen molar-refractivity contribution in [2.45, 2.75) is 19.3 Å². The summed E-state index contributed by atoms with van der Waals surface area (Å²) in [7, 11) is 0. The minimum Gasteiger partial charge on any atom is -0.378 e. The van der Waals surface area contributed by atoms with Gasteiger partial charge in [0, 0.05) is 25.8 Å². The Hall–Kier alpha value is -3.81. The molecule has 3 heterocycles. The Morgan fingerprint density at radius 3 is 2.63 bits per heavy atom. The summed E-state index contributed by atoms with van der Waals surface area (Å²) in [5, 5.41) is 9.46. The Kier molecular flexibility index (Phi) is 7.10. The Morgan fingerprint density at radius 1 is 1.11 bits per heavy atom. The molecular weight excluding hydrogens is 477 g/mol. The first-order chi connectivity index (χ1) is 16.7. The molecule has 0 saturated carbocycles. The maximum Gasteiger partial charge on any atom is 0.416 e. The van der Waals surface area contributed by atoms with Crippen LogP contribution in [-0.2, 0) is 28.8 Å². The Bertz CT molecular complexity index is 1200. The summed E-state index contributed by atoms with van der Waals surface area (Å²) in [6, 6.07) is 2.06. The number of carbonyl (C=O) groups is 1. The van der Waals surface area contributed by atoms with Crippen molar-refractivity contribution in [2.75, 3.05) is 36.9 Å². The molecule has 0 atom stereocenters. The molecule has 2 aromatic heterocycles. The first-order valence-electron chi connectivity index (χ1n) is 10.5. The largest absolute Gasteiger partial charge is 0.416 e. The molecule has 14 heteroatoms. The second-order valence-electron chi connectivity index (χ2n) is 7.63. The highest BCUT2D eigenvalue weighted by Crippen LogP contribution is 2.30. The highest BCUT2D eigenvalue weighted by molar-refractivity contribution is 5.76. The maximum absolute atomic E-state index is 14.1. The van der Waals surface area contributed by atoms with Gasteiger partial charge in [-0.3, -0.25) is 9.48 Å². The van der Waals surface area contributed by atoms with E-state index in [0.29, 0.717) is 38.1 Å². The number of amides is 1. The van der Waals surface area contributed by atoms with Gasteiger partial charge in [0.2, 0.25) is 11.9 Å². The lowest BCUT2D eigenvalue weighted by molar-refractivity contribution is -0.138. The van der Waals surface area contributed by atoms with Crippen LogP contribution in [0, 0.1) is 11.6 Å². The van der Waals surface area contributed by atoms with E-state index in [1.165, 1.54) is 10.9 Å². The molecule has 0 radical (unpaired) electrons. The molecule has 4 rings (SSSR count). The number of nitrogens with zero attached hydrogens (tertiary/aromatic N) is 5. The van der Waals surface area contributed by atoms with Gasteiger partial charge in [0.25, 0.3) is 0 Å². The van der Waals surface area contributed by atoms with Crippen LogP contribution in [0.3, 0.4) is 0 Å². The van der Waals surface area contributed by atoms with Crippen molar-refractivity contribution in [3.63, 3.8) is 0 Å². The van der Waals surface area contributed by atoms with Crippen LogP contribution in [0.4, 0.5) is 39.4 Å². The minimum atomic E-state index is -4.72. The van der Waals surface area contributed by atoms with Gasteiger partial charge < -0.3 is 20.3 Å². The van der Waals surface area contributed by atoms with E-state index < -0.39 is 23.4 Å². The lowest BCUT2D eigenvalue weighted by Gasteiger charge is -2.26. The molecule has 1 amide bonds. The second-order valence-corrected chi connectivity index (χ2v) is 7.63. The third-order valence-corrected chi connectivity index (χ3v) is 5.04. The first kappa shape index (κ1) is 24.3. The van der Waals surface area contributed by atoms with Crippen LogP contribution in [-0.4, -0.2) is 56.9 Å². The summed E-state index contributed by atoms with van der Waals surface area (Å²) < 4.78 is 73.0. The number of alkyl halides is 3. The monoisotopic (exact) mass is 497 g/mol. The van der Waals surface area contributed by atoms with E-state index in [0.717, 1.165) is 18.3 Å². The SMILES string of the molecule is O=C(Cn1cc(Nc2ncc(F)c(NCc3cc(F)cc(C(F)(F)F)c3)n2)cn1)N1CCOCC1. The number of carbonyl (C=O) groups excluding carboxylic acids is 1. The number of ether oxygens (including phenoxy) is 1. The predicted octanol–water partition coefficient (Wildman–Crippen LogP) is 3.18. The standard InChI is InChI=1S/C21H20F5N7O2/c22-15-6-13(5-14(7-15)21(24,25)26)8-27-19-17(23)10-28-20(31-19)30-16-9-29-33(11-16)12-18(34)32-1-3-35-4-2-32/h5-7,9-11H,1-4,8,12H2,(H2,27,28,30,31). The number of morpholine rings is 1. The van der Waals surface area contributed by atoms with Crippen molar-refractivity contribution >= 4 is 23.4 Å². The van der Waals surface area contributed by atoms with E-state index in [9.17, 15) is 26.7 Å². The summed E-state index contributed by atoms with van der Waals surface area (Å²) in [6.45, 7) is 1.70. The summed E-state index contributed by atoms with van der Waals surface area (Å²) in [6.07, 6.45) is -0.872. The number of hydrogen-bond donors (Lipinski definition) is 2. The molecular formula is C21H20F5N7O2. The lowest BCUT2D eigenvalue weighted by atomic mass is 10.1. The van der Waals surface area contributed by atoms with Gasteiger partial charge in [-0.1, -0.05) is 0 Å². The van der Waals surface area contributed by atoms with Crippen LogP contribution < -0.4 is 10.6 Å². The van der Waals surface area contributed by atoms with E-state index in [1.54, 1.807) is 11.1 Å². The van der Waals surface area contributed by atoms with Crippen LogP contribution in [0.25, 0.3) is 0 Å². The van der Waals surface area contributed by atoms with Gasteiger partial charge in [-0.2, -0.15) is 23.3 Å². The quantitative estimate of drug-likeness (QED) is 0.484. The van der Waals surface area contributed by atoms with Crippen LogP contribution in [0.1, 0.15) is 11.1 Å². The summed E-state index contributed by atoms with van der Waals surface area (Å²) in [4.78, 5) is 21.8. The van der Waals surface area contributed by atoms with E-state index in [1.807, 2.05) is 0 Å². The van der Waals surface area contributed by atoms with Crippen LogP contribution >= 0.6 is 0 Å². The van der Waals surface area contributed by atoms with Crippen molar-refractivity contribution in [1.29, 1.82) is 0 Å².